The van der Waals surface area contributed by atoms with Crippen molar-refractivity contribution in [2.45, 2.75) is 40.7 Å². The van der Waals surface area contributed by atoms with Gasteiger partial charge in [-0.3, -0.25) is 0 Å². The SMILES string of the molecule is CC1=CC(O)C(C)(C(C)(C)C)C=C1. The van der Waals surface area contributed by atoms with E-state index in [9.17, 15) is 5.11 Å². The first kappa shape index (κ1) is 10.5. The molecule has 0 spiro atoms. The molecule has 1 rings (SSSR count). The Morgan fingerprint density at radius 2 is 1.92 bits per heavy atom. The van der Waals surface area contributed by atoms with E-state index in [4.69, 9.17) is 0 Å². The number of rotatable bonds is 0. The largest absolute Gasteiger partial charge is 0.388 e. The summed E-state index contributed by atoms with van der Waals surface area (Å²) in [4.78, 5) is 0. The summed E-state index contributed by atoms with van der Waals surface area (Å²) in [6.45, 7) is 10.6. The summed E-state index contributed by atoms with van der Waals surface area (Å²) in [5, 5.41) is 10.0. The van der Waals surface area contributed by atoms with Gasteiger partial charge >= 0.3 is 0 Å². The molecular weight excluding hydrogens is 160 g/mol. The van der Waals surface area contributed by atoms with Crippen LogP contribution >= 0.6 is 0 Å². The standard InChI is InChI=1S/C12H20O/c1-9-6-7-12(5,10(13)8-9)11(2,3)4/h6-8,10,13H,1-5H3. The smallest absolute Gasteiger partial charge is 0.0819 e. The van der Waals surface area contributed by atoms with Crippen molar-refractivity contribution < 1.29 is 5.11 Å². The summed E-state index contributed by atoms with van der Waals surface area (Å²) in [5.74, 6) is 0. The average molecular weight is 180 g/mol. The molecule has 1 heteroatoms. The fourth-order valence-electron chi connectivity index (χ4n) is 1.57. The van der Waals surface area contributed by atoms with Gasteiger partial charge in [0.05, 0.1) is 6.10 Å². The van der Waals surface area contributed by atoms with E-state index >= 15 is 0 Å². The lowest BCUT2D eigenvalue weighted by Crippen LogP contribution is -2.42. The van der Waals surface area contributed by atoms with E-state index in [1.54, 1.807) is 0 Å². The van der Waals surface area contributed by atoms with Crippen molar-refractivity contribution in [2.75, 3.05) is 0 Å². The lowest BCUT2D eigenvalue weighted by Gasteiger charge is -2.44. The second-order valence-electron chi connectivity index (χ2n) is 5.22. The van der Waals surface area contributed by atoms with E-state index in [0.717, 1.165) is 5.57 Å². The molecule has 74 valence electrons. The molecule has 0 aromatic rings. The van der Waals surface area contributed by atoms with Crippen molar-refractivity contribution in [3.63, 3.8) is 0 Å². The molecule has 2 atom stereocenters. The van der Waals surface area contributed by atoms with E-state index in [0.29, 0.717) is 0 Å². The molecule has 0 saturated heterocycles. The van der Waals surface area contributed by atoms with Crippen LogP contribution in [0.25, 0.3) is 0 Å². The maximum atomic E-state index is 10.0. The number of hydrogen-bond acceptors (Lipinski definition) is 1. The van der Waals surface area contributed by atoms with E-state index in [-0.39, 0.29) is 16.9 Å². The highest BCUT2D eigenvalue weighted by Gasteiger charge is 2.41. The molecular formula is C12H20O. The summed E-state index contributed by atoms with van der Waals surface area (Å²) in [7, 11) is 0. The summed E-state index contributed by atoms with van der Waals surface area (Å²) in [5.41, 5.74) is 1.08. The molecule has 0 aromatic carbocycles. The summed E-state index contributed by atoms with van der Waals surface area (Å²) >= 11 is 0. The fourth-order valence-corrected chi connectivity index (χ4v) is 1.57. The molecule has 0 aliphatic heterocycles. The summed E-state index contributed by atoms with van der Waals surface area (Å²) < 4.78 is 0. The minimum absolute atomic E-state index is 0.0834. The lowest BCUT2D eigenvalue weighted by molar-refractivity contribution is 0.0246. The molecule has 1 nitrogen and oxygen atoms in total. The summed E-state index contributed by atoms with van der Waals surface area (Å²) in [6.07, 6.45) is 5.80. The van der Waals surface area contributed by atoms with Crippen LogP contribution in [0.4, 0.5) is 0 Å². The van der Waals surface area contributed by atoms with Gasteiger partial charge in [-0.15, -0.1) is 0 Å². The van der Waals surface area contributed by atoms with Crippen LogP contribution in [0.1, 0.15) is 34.6 Å². The zero-order chi connectivity index (χ0) is 10.3. The first-order valence-corrected chi connectivity index (χ1v) is 4.83. The van der Waals surface area contributed by atoms with Crippen molar-refractivity contribution >= 4 is 0 Å². The Hall–Kier alpha value is -0.560. The van der Waals surface area contributed by atoms with Crippen LogP contribution in [0.15, 0.2) is 23.8 Å². The van der Waals surface area contributed by atoms with Gasteiger partial charge < -0.3 is 5.11 Å². The number of aliphatic hydroxyl groups is 1. The van der Waals surface area contributed by atoms with Gasteiger partial charge in [0.15, 0.2) is 0 Å². The van der Waals surface area contributed by atoms with Gasteiger partial charge in [0.2, 0.25) is 0 Å². The third-order valence-electron chi connectivity index (χ3n) is 3.34. The number of hydrogen-bond donors (Lipinski definition) is 1. The third kappa shape index (κ3) is 1.71. The van der Waals surface area contributed by atoms with E-state index < -0.39 is 0 Å². The predicted octanol–water partition coefficient (Wildman–Crippen LogP) is 2.92. The topological polar surface area (TPSA) is 20.2 Å². The highest BCUT2D eigenvalue weighted by molar-refractivity contribution is 5.29. The van der Waals surface area contributed by atoms with Gasteiger partial charge in [0.1, 0.15) is 0 Å². The highest BCUT2D eigenvalue weighted by atomic mass is 16.3. The van der Waals surface area contributed by atoms with Gasteiger partial charge in [-0.2, -0.15) is 0 Å². The first-order chi connectivity index (χ1) is 5.77. The van der Waals surface area contributed by atoms with Crippen LogP contribution in [0, 0.1) is 10.8 Å². The maximum absolute atomic E-state index is 10.0. The van der Waals surface area contributed by atoms with Crippen LogP contribution in [0.5, 0.6) is 0 Å². The van der Waals surface area contributed by atoms with Gasteiger partial charge in [-0.05, 0) is 12.3 Å². The molecule has 0 saturated carbocycles. The van der Waals surface area contributed by atoms with E-state index in [2.05, 4.69) is 39.8 Å². The zero-order valence-electron chi connectivity index (χ0n) is 9.26. The molecule has 0 fully saturated rings. The molecule has 0 heterocycles. The predicted molar refractivity (Wildman–Crippen MR) is 56.5 cm³/mol. The van der Waals surface area contributed by atoms with Gasteiger partial charge in [-0.25, -0.2) is 0 Å². The minimum atomic E-state index is -0.363. The molecule has 1 aliphatic carbocycles. The van der Waals surface area contributed by atoms with E-state index in [1.807, 2.05) is 13.0 Å². The summed E-state index contributed by atoms with van der Waals surface area (Å²) in [6, 6.07) is 0. The van der Waals surface area contributed by atoms with Crippen LogP contribution in [0.2, 0.25) is 0 Å². The van der Waals surface area contributed by atoms with Crippen LogP contribution < -0.4 is 0 Å². The Morgan fingerprint density at radius 1 is 1.38 bits per heavy atom. The van der Waals surface area contributed by atoms with Gasteiger partial charge in [-0.1, -0.05) is 51.5 Å². The average Bonchev–Trinajstić information content (AvgIpc) is 1.95. The van der Waals surface area contributed by atoms with Crippen molar-refractivity contribution in [3.05, 3.63) is 23.8 Å². The third-order valence-corrected chi connectivity index (χ3v) is 3.34. The second-order valence-corrected chi connectivity index (χ2v) is 5.22. The van der Waals surface area contributed by atoms with Crippen molar-refractivity contribution in [1.29, 1.82) is 0 Å². The Kier molecular flexibility index (Phi) is 2.42. The minimum Gasteiger partial charge on any atom is -0.388 e. The van der Waals surface area contributed by atoms with Crippen molar-refractivity contribution in [3.8, 4) is 0 Å². The Labute approximate surface area is 81.2 Å². The number of allylic oxidation sites excluding steroid dienone is 2. The van der Waals surface area contributed by atoms with Crippen LogP contribution in [-0.4, -0.2) is 11.2 Å². The second kappa shape index (κ2) is 2.98. The van der Waals surface area contributed by atoms with Crippen LogP contribution in [0.3, 0.4) is 0 Å². The molecule has 2 unspecified atom stereocenters. The Balaban J connectivity index is 3.03. The highest BCUT2D eigenvalue weighted by Crippen LogP contribution is 2.45. The fraction of sp³-hybridized carbons (Fsp3) is 0.667. The number of aliphatic hydroxyl groups excluding tert-OH is 1. The van der Waals surface area contributed by atoms with Crippen LogP contribution in [-0.2, 0) is 0 Å². The van der Waals surface area contributed by atoms with Crippen molar-refractivity contribution in [2.24, 2.45) is 10.8 Å². The molecule has 0 radical (unpaired) electrons. The molecule has 0 bridgehead atoms. The Morgan fingerprint density at radius 3 is 2.31 bits per heavy atom. The lowest BCUT2D eigenvalue weighted by atomic mass is 9.63. The molecule has 1 aliphatic rings. The molecule has 0 aromatic heterocycles. The maximum Gasteiger partial charge on any atom is 0.0819 e. The molecule has 1 N–H and O–H groups in total. The van der Waals surface area contributed by atoms with Gasteiger partial charge in [0.25, 0.3) is 0 Å². The van der Waals surface area contributed by atoms with Crippen molar-refractivity contribution in [1.82, 2.24) is 0 Å². The first-order valence-electron chi connectivity index (χ1n) is 4.83. The monoisotopic (exact) mass is 180 g/mol. The Bertz CT molecular complexity index is 255. The van der Waals surface area contributed by atoms with Gasteiger partial charge in [0, 0.05) is 5.41 Å². The zero-order valence-corrected chi connectivity index (χ0v) is 9.26. The molecule has 13 heavy (non-hydrogen) atoms. The molecule has 0 amide bonds. The normalized spacial score (nSPS) is 34.6. The quantitative estimate of drug-likeness (QED) is 0.607. The van der Waals surface area contributed by atoms with E-state index in [1.165, 1.54) is 0 Å².